The van der Waals surface area contributed by atoms with E-state index in [9.17, 15) is 14.4 Å². The third kappa shape index (κ3) is 5.29. The summed E-state index contributed by atoms with van der Waals surface area (Å²) in [5.41, 5.74) is 1.63. The summed E-state index contributed by atoms with van der Waals surface area (Å²) in [6.07, 6.45) is 0. The Morgan fingerprint density at radius 1 is 0.969 bits per heavy atom. The van der Waals surface area contributed by atoms with Crippen molar-refractivity contribution in [3.05, 3.63) is 75.5 Å². The summed E-state index contributed by atoms with van der Waals surface area (Å²) in [7, 11) is 0. The molecule has 0 aliphatic heterocycles. The average molecular weight is 467 g/mol. The van der Waals surface area contributed by atoms with Crippen LogP contribution in [0.4, 0.5) is 10.8 Å². The molecule has 4 rings (SSSR count). The Labute approximate surface area is 191 Å². The Kier molecular flexibility index (Phi) is 6.43. The second kappa shape index (κ2) is 9.58. The number of hydrogen-bond donors (Lipinski definition) is 3. The number of thiazole rings is 1. The number of amides is 3. The minimum Gasteiger partial charge on any atom is -0.458 e. The van der Waals surface area contributed by atoms with Gasteiger partial charge in [-0.1, -0.05) is 6.07 Å². The molecule has 0 saturated carbocycles. The molecule has 0 spiro atoms. The largest absolute Gasteiger partial charge is 0.458 e. The average Bonchev–Trinajstić information content (AvgIpc) is 3.54. The molecule has 4 aromatic rings. The summed E-state index contributed by atoms with van der Waals surface area (Å²) in [6.45, 7) is 1.74. The number of hydrogen-bond acceptors (Lipinski definition) is 7. The zero-order valence-corrected chi connectivity index (χ0v) is 18.5. The van der Waals surface area contributed by atoms with Gasteiger partial charge < -0.3 is 15.1 Å². The molecule has 3 N–H and O–H groups in total. The molecule has 0 radical (unpaired) electrons. The molecule has 10 heteroatoms. The van der Waals surface area contributed by atoms with Crippen LogP contribution < -0.4 is 16.0 Å². The van der Waals surface area contributed by atoms with Gasteiger partial charge in [0.1, 0.15) is 11.5 Å². The van der Waals surface area contributed by atoms with Gasteiger partial charge in [-0.05, 0) is 47.8 Å². The minimum absolute atomic E-state index is 0.139. The van der Waals surface area contributed by atoms with Crippen molar-refractivity contribution < 1.29 is 18.8 Å². The fourth-order valence-electron chi connectivity index (χ4n) is 2.74. The van der Waals surface area contributed by atoms with Crippen LogP contribution in [-0.2, 0) is 11.3 Å². The third-order valence-electron chi connectivity index (χ3n) is 4.30. The molecular formula is C22H18N4O4S2. The first-order chi connectivity index (χ1) is 15.5. The summed E-state index contributed by atoms with van der Waals surface area (Å²) in [5.74, 6) is 0.519. The number of anilines is 2. The Bertz CT molecular complexity index is 1240. The Morgan fingerprint density at radius 2 is 1.78 bits per heavy atom. The molecule has 0 fully saturated rings. The molecule has 3 amide bonds. The maximum atomic E-state index is 12.5. The zero-order valence-electron chi connectivity index (χ0n) is 16.9. The highest BCUT2D eigenvalue weighted by molar-refractivity contribution is 7.14. The summed E-state index contributed by atoms with van der Waals surface area (Å²) in [6, 6.07) is 13.7. The van der Waals surface area contributed by atoms with Crippen LogP contribution in [0.25, 0.3) is 11.5 Å². The van der Waals surface area contributed by atoms with E-state index in [-0.39, 0.29) is 17.7 Å². The fraction of sp³-hybridized carbons (Fsp3) is 0.0909. The van der Waals surface area contributed by atoms with E-state index in [2.05, 4.69) is 20.9 Å². The summed E-state index contributed by atoms with van der Waals surface area (Å²) >= 11 is 2.64. The molecular weight excluding hydrogens is 448 g/mol. The number of nitrogens with zero attached hydrogens (tertiary/aromatic N) is 1. The van der Waals surface area contributed by atoms with Gasteiger partial charge in [-0.3, -0.25) is 19.7 Å². The SMILES string of the molecule is CC(=O)NCc1ccc(-c2csc(NC(=O)c3ccc(NC(=O)c4cccs4)cc3)n2)o1. The maximum absolute atomic E-state index is 12.5. The molecule has 3 heterocycles. The van der Waals surface area contributed by atoms with Crippen molar-refractivity contribution in [2.24, 2.45) is 0 Å². The predicted octanol–water partition coefficient (Wildman–Crippen LogP) is 4.61. The van der Waals surface area contributed by atoms with Gasteiger partial charge in [0.05, 0.1) is 11.4 Å². The Morgan fingerprint density at radius 3 is 2.50 bits per heavy atom. The van der Waals surface area contributed by atoms with Gasteiger partial charge in [-0.2, -0.15) is 0 Å². The molecule has 0 aliphatic rings. The van der Waals surface area contributed by atoms with Crippen LogP contribution in [0.5, 0.6) is 0 Å². The highest BCUT2D eigenvalue weighted by atomic mass is 32.1. The highest BCUT2D eigenvalue weighted by Crippen LogP contribution is 2.27. The Hall–Kier alpha value is -3.76. The van der Waals surface area contributed by atoms with Crippen molar-refractivity contribution >= 4 is 51.2 Å². The third-order valence-corrected chi connectivity index (χ3v) is 5.93. The molecule has 0 bridgehead atoms. The number of carbonyl (C=O) groups excluding carboxylic acids is 3. The van der Waals surface area contributed by atoms with Crippen molar-refractivity contribution in [2.75, 3.05) is 10.6 Å². The monoisotopic (exact) mass is 466 g/mol. The molecule has 1 aromatic carbocycles. The first-order valence-electron chi connectivity index (χ1n) is 9.53. The second-order valence-corrected chi connectivity index (χ2v) is 8.48. The van der Waals surface area contributed by atoms with Crippen LogP contribution in [0.2, 0.25) is 0 Å². The van der Waals surface area contributed by atoms with Crippen molar-refractivity contribution in [1.82, 2.24) is 10.3 Å². The lowest BCUT2D eigenvalue weighted by molar-refractivity contribution is -0.119. The van der Waals surface area contributed by atoms with Crippen molar-refractivity contribution in [3.8, 4) is 11.5 Å². The lowest BCUT2D eigenvalue weighted by Crippen LogP contribution is -2.18. The van der Waals surface area contributed by atoms with E-state index in [1.54, 1.807) is 47.8 Å². The molecule has 0 aliphatic carbocycles. The lowest BCUT2D eigenvalue weighted by atomic mass is 10.2. The Balaban J connectivity index is 1.36. The van der Waals surface area contributed by atoms with Gasteiger partial charge in [0, 0.05) is 23.6 Å². The molecule has 3 aromatic heterocycles. The second-order valence-electron chi connectivity index (χ2n) is 6.68. The molecule has 0 saturated heterocycles. The van der Waals surface area contributed by atoms with Gasteiger partial charge in [0.25, 0.3) is 11.8 Å². The van der Waals surface area contributed by atoms with Gasteiger partial charge in [0.2, 0.25) is 5.91 Å². The van der Waals surface area contributed by atoms with E-state index in [0.717, 1.165) is 0 Å². The van der Waals surface area contributed by atoms with Crippen LogP contribution in [0.3, 0.4) is 0 Å². The van der Waals surface area contributed by atoms with Gasteiger partial charge in [-0.15, -0.1) is 22.7 Å². The van der Waals surface area contributed by atoms with E-state index in [1.807, 2.05) is 11.4 Å². The molecule has 32 heavy (non-hydrogen) atoms. The minimum atomic E-state index is -0.312. The van der Waals surface area contributed by atoms with E-state index in [0.29, 0.717) is 45.0 Å². The van der Waals surface area contributed by atoms with Crippen LogP contribution in [0, 0.1) is 0 Å². The summed E-state index contributed by atoms with van der Waals surface area (Å²) in [5, 5.41) is 12.3. The molecule has 162 valence electrons. The number of nitrogens with one attached hydrogen (secondary N) is 3. The topological polar surface area (TPSA) is 113 Å². The van der Waals surface area contributed by atoms with Crippen LogP contribution in [0.1, 0.15) is 32.7 Å². The van der Waals surface area contributed by atoms with E-state index in [1.165, 1.54) is 29.6 Å². The van der Waals surface area contributed by atoms with Gasteiger partial charge >= 0.3 is 0 Å². The van der Waals surface area contributed by atoms with Crippen LogP contribution in [-0.4, -0.2) is 22.7 Å². The fourth-order valence-corrected chi connectivity index (χ4v) is 4.05. The van der Waals surface area contributed by atoms with E-state index < -0.39 is 0 Å². The van der Waals surface area contributed by atoms with Gasteiger partial charge in [0.15, 0.2) is 10.9 Å². The molecule has 0 unspecified atom stereocenters. The number of rotatable bonds is 7. The smallest absolute Gasteiger partial charge is 0.265 e. The van der Waals surface area contributed by atoms with Crippen molar-refractivity contribution in [3.63, 3.8) is 0 Å². The number of benzene rings is 1. The summed E-state index contributed by atoms with van der Waals surface area (Å²) < 4.78 is 5.68. The summed E-state index contributed by atoms with van der Waals surface area (Å²) in [4.78, 5) is 40.7. The quantitative estimate of drug-likeness (QED) is 0.368. The van der Waals surface area contributed by atoms with E-state index >= 15 is 0 Å². The van der Waals surface area contributed by atoms with Gasteiger partial charge in [-0.25, -0.2) is 4.98 Å². The molecule has 8 nitrogen and oxygen atoms in total. The predicted molar refractivity (Wildman–Crippen MR) is 124 cm³/mol. The number of carbonyl (C=O) groups is 3. The zero-order chi connectivity index (χ0) is 22.5. The van der Waals surface area contributed by atoms with E-state index in [4.69, 9.17) is 4.42 Å². The standard InChI is InChI=1S/C22H18N4O4S2/c1-13(27)23-11-16-8-9-18(30-16)17-12-32-22(25-17)26-20(28)14-4-6-15(7-5-14)24-21(29)19-3-2-10-31-19/h2-10,12H,11H2,1H3,(H,23,27)(H,24,29)(H,25,26,28). The van der Waals surface area contributed by atoms with Crippen molar-refractivity contribution in [1.29, 1.82) is 0 Å². The molecule has 0 atom stereocenters. The first kappa shape index (κ1) is 21.5. The maximum Gasteiger partial charge on any atom is 0.265 e. The van der Waals surface area contributed by atoms with Crippen LogP contribution >= 0.6 is 22.7 Å². The first-order valence-corrected chi connectivity index (χ1v) is 11.3. The highest BCUT2D eigenvalue weighted by Gasteiger charge is 2.13. The number of furan rings is 1. The lowest BCUT2D eigenvalue weighted by Gasteiger charge is -2.05. The number of thiophene rings is 1. The van der Waals surface area contributed by atoms with Crippen molar-refractivity contribution in [2.45, 2.75) is 13.5 Å². The normalized spacial score (nSPS) is 10.5. The number of aromatic nitrogens is 1. The van der Waals surface area contributed by atoms with Crippen LogP contribution in [0.15, 0.2) is 63.7 Å².